The molecule has 0 aliphatic heterocycles. The van der Waals surface area contributed by atoms with Gasteiger partial charge in [0.2, 0.25) is 0 Å². The first-order valence-corrected chi connectivity index (χ1v) is 9.41. The molecule has 4 nitrogen and oxygen atoms in total. The maximum atomic E-state index is 12.9. The number of fused-ring (bicyclic) bond motifs is 1. The highest BCUT2D eigenvalue weighted by Gasteiger charge is 2.27. The van der Waals surface area contributed by atoms with Crippen LogP contribution in [0, 0.1) is 0 Å². The van der Waals surface area contributed by atoms with Crippen LogP contribution in [0.15, 0.2) is 42.0 Å². The van der Waals surface area contributed by atoms with Gasteiger partial charge in [-0.2, -0.15) is 0 Å². The van der Waals surface area contributed by atoms with Crippen molar-refractivity contribution in [1.29, 1.82) is 0 Å². The third-order valence-corrected chi connectivity index (χ3v) is 5.12. The Labute approximate surface area is 161 Å². The van der Waals surface area contributed by atoms with Gasteiger partial charge in [0.1, 0.15) is 0 Å². The summed E-state index contributed by atoms with van der Waals surface area (Å²) in [4.78, 5) is 15.2. The third-order valence-electron chi connectivity index (χ3n) is 5.12. The lowest BCUT2D eigenvalue weighted by Gasteiger charge is -2.18. The molecule has 0 fully saturated rings. The molecule has 0 amide bonds. The SMILES string of the molecule is CCN(CC)Cc1cccc(/C=C2\Cc3cc(OC)c(OC)cc3C2=O)c1. The highest BCUT2D eigenvalue weighted by Crippen LogP contribution is 2.37. The molecular weight excluding hydrogens is 338 g/mol. The van der Waals surface area contributed by atoms with Gasteiger partial charge in [-0.3, -0.25) is 9.69 Å². The number of Topliss-reactive ketones (excluding diaryl/α,β-unsaturated/α-hetero) is 1. The molecule has 27 heavy (non-hydrogen) atoms. The largest absolute Gasteiger partial charge is 0.493 e. The maximum absolute atomic E-state index is 12.9. The molecule has 0 N–H and O–H groups in total. The average Bonchev–Trinajstić information content (AvgIpc) is 2.99. The first-order chi connectivity index (χ1) is 13.1. The monoisotopic (exact) mass is 365 g/mol. The van der Waals surface area contributed by atoms with Crippen LogP contribution in [0.25, 0.3) is 6.08 Å². The van der Waals surface area contributed by atoms with E-state index in [1.165, 1.54) is 5.56 Å². The van der Waals surface area contributed by atoms with Gasteiger partial charge in [0.25, 0.3) is 0 Å². The predicted octanol–water partition coefficient (Wildman–Crippen LogP) is 4.37. The number of ketones is 1. The van der Waals surface area contributed by atoms with Crippen molar-refractivity contribution < 1.29 is 14.3 Å². The summed E-state index contributed by atoms with van der Waals surface area (Å²) in [7, 11) is 3.20. The number of nitrogens with zero attached hydrogens (tertiary/aromatic N) is 1. The topological polar surface area (TPSA) is 38.8 Å². The van der Waals surface area contributed by atoms with Crippen LogP contribution in [-0.2, 0) is 13.0 Å². The molecule has 3 rings (SSSR count). The Balaban J connectivity index is 1.87. The van der Waals surface area contributed by atoms with Crippen molar-refractivity contribution in [2.24, 2.45) is 0 Å². The van der Waals surface area contributed by atoms with E-state index >= 15 is 0 Å². The molecule has 2 aromatic rings. The molecule has 0 saturated heterocycles. The first kappa shape index (κ1) is 19.2. The molecule has 0 spiro atoms. The van der Waals surface area contributed by atoms with Gasteiger partial charge < -0.3 is 9.47 Å². The van der Waals surface area contributed by atoms with E-state index in [1.54, 1.807) is 20.3 Å². The molecule has 142 valence electrons. The second-order valence-corrected chi connectivity index (χ2v) is 6.75. The summed E-state index contributed by atoms with van der Waals surface area (Å²) in [5.74, 6) is 1.32. The summed E-state index contributed by atoms with van der Waals surface area (Å²) in [5.41, 5.74) is 4.83. The second-order valence-electron chi connectivity index (χ2n) is 6.75. The number of benzene rings is 2. The third kappa shape index (κ3) is 4.06. The smallest absolute Gasteiger partial charge is 0.189 e. The lowest BCUT2D eigenvalue weighted by atomic mass is 10.1. The minimum absolute atomic E-state index is 0.0695. The van der Waals surface area contributed by atoms with Gasteiger partial charge in [-0.25, -0.2) is 0 Å². The number of ether oxygens (including phenoxy) is 2. The summed E-state index contributed by atoms with van der Waals surface area (Å²) in [5, 5.41) is 0. The van der Waals surface area contributed by atoms with Crippen molar-refractivity contribution in [1.82, 2.24) is 4.90 Å². The molecule has 0 radical (unpaired) electrons. The van der Waals surface area contributed by atoms with Gasteiger partial charge in [-0.15, -0.1) is 0 Å². The van der Waals surface area contributed by atoms with Crippen molar-refractivity contribution in [3.63, 3.8) is 0 Å². The molecule has 2 aromatic carbocycles. The lowest BCUT2D eigenvalue weighted by molar-refractivity contribution is 0.104. The Morgan fingerprint density at radius 3 is 2.41 bits per heavy atom. The summed E-state index contributed by atoms with van der Waals surface area (Å²) < 4.78 is 10.7. The van der Waals surface area contributed by atoms with Crippen LogP contribution in [0.5, 0.6) is 11.5 Å². The van der Waals surface area contributed by atoms with Crippen LogP contribution in [0.1, 0.15) is 40.9 Å². The Bertz CT molecular complexity index is 866. The van der Waals surface area contributed by atoms with E-state index in [-0.39, 0.29) is 5.78 Å². The zero-order chi connectivity index (χ0) is 19.4. The van der Waals surface area contributed by atoms with Crippen molar-refractivity contribution in [2.75, 3.05) is 27.3 Å². The van der Waals surface area contributed by atoms with Crippen molar-refractivity contribution in [2.45, 2.75) is 26.8 Å². The van der Waals surface area contributed by atoms with E-state index in [0.29, 0.717) is 23.5 Å². The molecule has 1 aliphatic rings. The zero-order valence-corrected chi connectivity index (χ0v) is 16.5. The number of carbonyl (C=O) groups is 1. The number of hydrogen-bond donors (Lipinski definition) is 0. The molecule has 0 aromatic heterocycles. The van der Waals surface area contributed by atoms with Crippen LogP contribution >= 0.6 is 0 Å². The van der Waals surface area contributed by atoms with Crippen LogP contribution in [0.2, 0.25) is 0 Å². The summed E-state index contributed by atoms with van der Waals surface area (Å²) in [6.45, 7) is 7.32. The van der Waals surface area contributed by atoms with Crippen LogP contribution in [-0.4, -0.2) is 38.0 Å². The highest BCUT2D eigenvalue weighted by atomic mass is 16.5. The molecule has 0 unspecified atom stereocenters. The molecule has 0 bridgehead atoms. The van der Waals surface area contributed by atoms with Gasteiger partial charge >= 0.3 is 0 Å². The second kappa shape index (κ2) is 8.40. The number of rotatable bonds is 7. The molecule has 4 heteroatoms. The van der Waals surface area contributed by atoms with Crippen molar-refractivity contribution in [3.8, 4) is 11.5 Å². The summed E-state index contributed by atoms with van der Waals surface area (Å²) in [6, 6.07) is 12.1. The number of methoxy groups -OCH3 is 2. The van der Waals surface area contributed by atoms with E-state index in [1.807, 2.05) is 12.1 Å². The number of hydrogen-bond acceptors (Lipinski definition) is 4. The minimum Gasteiger partial charge on any atom is -0.493 e. The summed E-state index contributed by atoms with van der Waals surface area (Å²) >= 11 is 0. The number of allylic oxidation sites excluding steroid dienone is 1. The van der Waals surface area contributed by atoms with E-state index in [2.05, 4.69) is 43.0 Å². The molecule has 0 heterocycles. The van der Waals surface area contributed by atoms with Crippen LogP contribution in [0.3, 0.4) is 0 Å². The molecule has 0 atom stereocenters. The normalized spacial score (nSPS) is 14.7. The van der Waals surface area contributed by atoms with Crippen LogP contribution in [0.4, 0.5) is 0 Å². The predicted molar refractivity (Wildman–Crippen MR) is 109 cm³/mol. The maximum Gasteiger partial charge on any atom is 0.189 e. The average molecular weight is 365 g/mol. The van der Waals surface area contributed by atoms with Gasteiger partial charge in [0.05, 0.1) is 14.2 Å². The summed E-state index contributed by atoms with van der Waals surface area (Å²) in [6.07, 6.45) is 2.63. The fourth-order valence-corrected chi connectivity index (χ4v) is 3.54. The fraction of sp³-hybridized carbons (Fsp3) is 0.348. The van der Waals surface area contributed by atoms with Crippen LogP contribution < -0.4 is 9.47 Å². The van der Waals surface area contributed by atoms with Gasteiger partial charge in [0.15, 0.2) is 17.3 Å². The lowest BCUT2D eigenvalue weighted by Crippen LogP contribution is -2.22. The van der Waals surface area contributed by atoms with E-state index in [9.17, 15) is 4.79 Å². The fourth-order valence-electron chi connectivity index (χ4n) is 3.54. The standard InChI is InChI=1S/C23H27NO3/c1-5-24(6-2)15-17-9-7-8-16(10-17)11-19-12-18-13-21(26-3)22(27-4)14-20(18)23(19)25/h7-11,13-14H,5-6,12,15H2,1-4H3/b19-11+. The van der Waals surface area contributed by atoms with Gasteiger partial charge in [0, 0.05) is 24.1 Å². The zero-order valence-electron chi connectivity index (χ0n) is 16.5. The van der Waals surface area contributed by atoms with Gasteiger partial charge in [-0.05, 0) is 48.0 Å². The van der Waals surface area contributed by atoms with Crippen molar-refractivity contribution in [3.05, 3.63) is 64.2 Å². The van der Waals surface area contributed by atoms with E-state index in [4.69, 9.17) is 9.47 Å². The van der Waals surface area contributed by atoms with Gasteiger partial charge in [-0.1, -0.05) is 38.1 Å². The Morgan fingerprint density at radius 2 is 1.74 bits per heavy atom. The van der Waals surface area contributed by atoms with E-state index < -0.39 is 0 Å². The quantitative estimate of drug-likeness (QED) is 0.683. The highest BCUT2D eigenvalue weighted by molar-refractivity contribution is 6.15. The minimum atomic E-state index is 0.0695. The molecule has 1 aliphatic carbocycles. The Morgan fingerprint density at radius 1 is 1.04 bits per heavy atom. The van der Waals surface area contributed by atoms with E-state index in [0.717, 1.165) is 36.3 Å². The molecule has 0 saturated carbocycles. The number of carbonyl (C=O) groups excluding carboxylic acids is 1. The Hall–Kier alpha value is -2.59. The Kier molecular flexibility index (Phi) is 5.97. The molecular formula is C23H27NO3. The first-order valence-electron chi connectivity index (χ1n) is 9.41. The van der Waals surface area contributed by atoms with Crippen molar-refractivity contribution >= 4 is 11.9 Å².